The molecule has 0 bridgehead atoms. The van der Waals surface area contributed by atoms with Crippen LogP contribution in [0.15, 0.2) is 64.6 Å². The highest BCUT2D eigenvalue weighted by atomic mass is 32.2. The predicted molar refractivity (Wildman–Crippen MR) is 122 cm³/mol. The smallest absolute Gasteiger partial charge is 0.331 e. The normalized spacial score (nSPS) is 28.3. The number of methoxy groups -OCH3 is 2. The summed E-state index contributed by atoms with van der Waals surface area (Å²) in [5.41, 5.74) is 9.54. The molecule has 0 aromatic heterocycles. The van der Waals surface area contributed by atoms with Crippen molar-refractivity contribution in [3.8, 4) is 5.75 Å². The van der Waals surface area contributed by atoms with Gasteiger partial charge < -0.3 is 28.4 Å². The second-order valence-electron chi connectivity index (χ2n) is 7.56. The fourth-order valence-corrected chi connectivity index (χ4v) is 4.97. The zero-order chi connectivity index (χ0) is 23.9. The maximum Gasteiger partial charge on any atom is 0.331 e. The molecule has 34 heavy (non-hydrogen) atoms. The van der Waals surface area contributed by atoms with Crippen molar-refractivity contribution in [1.29, 1.82) is 0 Å². The molecule has 6 unspecified atom stereocenters. The molecule has 2 aliphatic rings. The van der Waals surface area contributed by atoms with Crippen molar-refractivity contribution >= 4 is 17.7 Å². The summed E-state index contributed by atoms with van der Waals surface area (Å²) >= 11 is 1.41. The van der Waals surface area contributed by atoms with Crippen molar-refractivity contribution in [3.05, 3.63) is 70.6 Å². The van der Waals surface area contributed by atoms with Crippen molar-refractivity contribution in [1.82, 2.24) is 0 Å². The van der Waals surface area contributed by atoms with Gasteiger partial charge in [-0.2, -0.15) is 0 Å². The summed E-state index contributed by atoms with van der Waals surface area (Å²) in [6.45, 7) is -0.0853. The Morgan fingerprint density at radius 2 is 1.91 bits per heavy atom. The number of rotatable bonds is 8. The minimum Gasteiger partial charge on any atom is -0.497 e. The Balaban J connectivity index is 1.58. The number of esters is 1. The Bertz CT molecular complexity index is 1000. The summed E-state index contributed by atoms with van der Waals surface area (Å²) in [4.78, 5) is 15.8. The van der Waals surface area contributed by atoms with E-state index in [0.717, 1.165) is 10.5 Å². The van der Waals surface area contributed by atoms with E-state index in [-0.39, 0.29) is 13.2 Å². The number of carbonyl (C=O) groups excluding carboxylic acids is 1. The van der Waals surface area contributed by atoms with Crippen LogP contribution in [-0.4, -0.2) is 63.2 Å². The monoisotopic (exact) mass is 487 g/mol. The van der Waals surface area contributed by atoms with E-state index < -0.39 is 42.0 Å². The van der Waals surface area contributed by atoms with Gasteiger partial charge >= 0.3 is 5.97 Å². The Morgan fingerprint density at radius 3 is 2.59 bits per heavy atom. The highest BCUT2D eigenvalue weighted by Crippen LogP contribution is 2.41. The van der Waals surface area contributed by atoms with Gasteiger partial charge in [0.2, 0.25) is 0 Å². The standard InChI is InChI=1S/C23H25N3O7S/c1-28-15-10-8-14(9-11-15)22-31-12-17-20(33-22)19(25-26-24)21(30-13-18(27)29-2)23(32-17)34-16-6-4-3-5-7-16/h3-11,17,19-23H,12-13H2,1-2H3. The van der Waals surface area contributed by atoms with Crippen LogP contribution in [0.1, 0.15) is 11.9 Å². The van der Waals surface area contributed by atoms with Crippen molar-refractivity contribution < 1.29 is 33.2 Å². The molecule has 0 saturated carbocycles. The highest BCUT2D eigenvalue weighted by Gasteiger charge is 2.50. The molecule has 2 aliphatic heterocycles. The van der Waals surface area contributed by atoms with Crippen LogP contribution in [0.3, 0.4) is 0 Å². The second-order valence-corrected chi connectivity index (χ2v) is 8.73. The van der Waals surface area contributed by atoms with Crippen molar-refractivity contribution in [2.45, 2.75) is 41.0 Å². The third-order valence-electron chi connectivity index (χ3n) is 5.50. The largest absolute Gasteiger partial charge is 0.497 e. The Kier molecular flexibility index (Phi) is 8.28. The van der Waals surface area contributed by atoms with E-state index in [1.165, 1.54) is 18.9 Å². The van der Waals surface area contributed by atoms with Crippen LogP contribution in [-0.2, 0) is 28.5 Å². The summed E-state index contributed by atoms with van der Waals surface area (Å²) in [5, 5.41) is 4.01. The maximum absolute atomic E-state index is 11.8. The van der Waals surface area contributed by atoms with Gasteiger partial charge in [-0.1, -0.05) is 47.2 Å². The van der Waals surface area contributed by atoms with E-state index in [1.54, 1.807) is 7.11 Å². The molecule has 2 saturated heterocycles. The van der Waals surface area contributed by atoms with E-state index in [1.807, 2.05) is 54.6 Å². The molecule has 2 aromatic rings. The van der Waals surface area contributed by atoms with Crippen LogP contribution in [0.5, 0.6) is 5.75 Å². The Hall–Kier alpha value is -2.79. The third kappa shape index (κ3) is 5.64. The first-order valence-corrected chi connectivity index (χ1v) is 11.5. The van der Waals surface area contributed by atoms with Crippen LogP contribution in [0.25, 0.3) is 10.4 Å². The lowest BCUT2D eigenvalue weighted by atomic mass is 9.96. The molecule has 0 amide bonds. The summed E-state index contributed by atoms with van der Waals surface area (Å²) in [6, 6.07) is 16.2. The lowest BCUT2D eigenvalue weighted by Gasteiger charge is -2.48. The zero-order valence-electron chi connectivity index (χ0n) is 18.7. The number of nitrogens with zero attached hydrogens (tertiary/aromatic N) is 3. The average molecular weight is 488 g/mol. The fraction of sp³-hybridized carbons (Fsp3) is 0.435. The van der Waals surface area contributed by atoms with E-state index >= 15 is 0 Å². The lowest BCUT2D eigenvalue weighted by molar-refractivity contribution is -0.300. The molecule has 0 N–H and O–H groups in total. The molecule has 4 rings (SSSR count). The number of benzene rings is 2. The number of ether oxygens (including phenoxy) is 6. The fourth-order valence-electron chi connectivity index (χ4n) is 3.82. The molecule has 2 aromatic carbocycles. The first-order valence-electron chi connectivity index (χ1n) is 10.6. The summed E-state index contributed by atoms with van der Waals surface area (Å²) in [6.07, 6.45) is -2.60. The van der Waals surface area contributed by atoms with Gasteiger partial charge in [0.1, 0.15) is 36.1 Å². The van der Waals surface area contributed by atoms with E-state index in [4.69, 9.17) is 28.4 Å². The zero-order valence-corrected chi connectivity index (χ0v) is 19.5. The first kappa shape index (κ1) is 24.3. The molecule has 0 radical (unpaired) electrons. The van der Waals surface area contributed by atoms with Crippen molar-refractivity contribution in [3.63, 3.8) is 0 Å². The van der Waals surface area contributed by atoms with E-state index in [0.29, 0.717) is 5.75 Å². The Morgan fingerprint density at radius 1 is 1.15 bits per heavy atom. The van der Waals surface area contributed by atoms with Crippen LogP contribution >= 0.6 is 11.8 Å². The van der Waals surface area contributed by atoms with Gasteiger partial charge in [-0.15, -0.1) is 0 Å². The van der Waals surface area contributed by atoms with Crippen LogP contribution in [0.2, 0.25) is 0 Å². The topological polar surface area (TPSA) is 121 Å². The van der Waals surface area contributed by atoms with Gasteiger partial charge in [-0.25, -0.2) is 4.79 Å². The molecular weight excluding hydrogens is 462 g/mol. The van der Waals surface area contributed by atoms with Gasteiger partial charge in [0.25, 0.3) is 0 Å². The minimum absolute atomic E-state index is 0.231. The van der Waals surface area contributed by atoms with Gasteiger partial charge in [-0.3, -0.25) is 0 Å². The average Bonchev–Trinajstić information content (AvgIpc) is 2.88. The van der Waals surface area contributed by atoms with Gasteiger partial charge in [0, 0.05) is 15.4 Å². The van der Waals surface area contributed by atoms with Gasteiger partial charge in [0.15, 0.2) is 6.29 Å². The van der Waals surface area contributed by atoms with E-state index in [9.17, 15) is 10.3 Å². The molecule has 11 heteroatoms. The lowest BCUT2D eigenvalue weighted by Crippen LogP contribution is -2.61. The minimum atomic E-state index is -0.768. The molecule has 10 nitrogen and oxygen atoms in total. The van der Waals surface area contributed by atoms with Crippen LogP contribution in [0, 0.1) is 0 Å². The first-order chi connectivity index (χ1) is 16.6. The number of hydrogen-bond donors (Lipinski definition) is 0. The van der Waals surface area contributed by atoms with Crippen LogP contribution < -0.4 is 4.74 Å². The van der Waals surface area contributed by atoms with E-state index in [2.05, 4.69) is 10.0 Å². The summed E-state index contributed by atoms with van der Waals surface area (Å²) in [7, 11) is 2.87. The SMILES string of the molecule is COC(=O)COC1C(Sc2ccccc2)OC2COC(c3ccc(OC)cc3)OC2C1N=[N+]=[N-]. The molecular formula is C23H25N3O7S. The molecule has 2 fully saturated rings. The third-order valence-corrected chi connectivity index (χ3v) is 6.66. The maximum atomic E-state index is 11.8. The number of carbonyl (C=O) groups is 1. The second kappa shape index (κ2) is 11.6. The highest BCUT2D eigenvalue weighted by molar-refractivity contribution is 7.99. The number of fused-ring (bicyclic) bond motifs is 1. The number of thioether (sulfide) groups is 1. The molecule has 2 heterocycles. The van der Waals surface area contributed by atoms with Crippen molar-refractivity contribution in [2.24, 2.45) is 5.11 Å². The Labute approximate surface area is 201 Å². The molecule has 0 aliphatic carbocycles. The summed E-state index contributed by atoms with van der Waals surface area (Å²) in [5.74, 6) is 0.164. The number of azide groups is 1. The van der Waals surface area contributed by atoms with Gasteiger partial charge in [0.05, 0.1) is 26.9 Å². The van der Waals surface area contributed by atoms with Crippen LogP contribution in [0.4, 0.5) is 0 Å². The predicted octanol–water partition coefficient (Wildman–Crippen LogP) is 3.86. The molecule has 0 spiro atoms. The molecule has 6 atom stereocenters. The quantitative estimate of drug-likeness (QED) is 0.238. The summed E-state index contributed by atoms with van der Waals surface area (Å²) < 4.78 is 34.3. The molecule has 180 valence electrons. The van der Waals surface area contributed by atoms with Gasteiger partial charge in [-0.05, 0) is 29.8 Å². The number of hydrogen-bond acceptors (Lipinski definition) is 9. The van der Waals surface area contributed by atoms with Crippen molar-refractivity contribution in [2.75, 3.05) is 27.4 Å².